The van der Waals surface area contributed by atoms with Gasteiger partial charge < -0.3 is 5.21 Å². The van der Waals surface area contributed by atoms with Crippen molar-refractivity contribution in [2.45, 2.75) is 0 Å². The van der Waals surface area contributed by atoms with Crippen molar-refractivity contribution in [3.8, 4) is 0 Å². The molecule has 0 aromatic rings. The maximum atomic E-state index is 8.36. The van der Waals surface area contributed by atoms with Crippen molar-refractivity contribution in [2.24, 2.45) is 0 Å². The predicted molar refractivity (Wildman–Crippen MR) is 8.78 cm³/mol. The molecule has 0 aromatic heterocycles. The first-order valence-electron chi connectivity index (χ1n) is 0.565. The molecule has 0 heterocycles. The first kappa shape index (κ1) is 8.96. The molecule has 29 valence electrons. The summed E-state index contributed by atoms with van der Waals surface area (Å²) in [5.74, 6) is 0. The summed E-state index contributed by atoms with van der Waals surface area (Å²) in [7, 11) is 0. The van der Waals surface area contributed by atoms with Gasteiger partial charge in [-0.15, -0.1) is 10.1 Å². The fourth-order valence-corrected chi connectivity index (χ4v) is 0. The van der Waals surface area contributed by atoms with E-state index in [0.29, 0.717) is 0 Å². The van der Waals surface area contributed by atoms with Crippen LogP contribution in [0.1, 0.15) is 0 Å². The third kappa shape index (κ3) is 455. The van der Waals surface area contributed by atoms with Gasteiger partial charge in [-0.05, 0) is 0 Å². The van der Waals surface area contributed by atoms with Gasteiger partial charge in [0.25, 0.3) is 5.09 Å². The van der Waals surface area contributed by atoms with E-state index in [2.05, 4.69) is 0 Å². The molecule has 0 atom stereocenters. The van der Waals surface area contributed by atoms with E-state index in [0.717, 1.165) is 0 Å². The van der Waals surface area contributed by atoms with Crippen LogP contribution in [0.3, 0.4) is 0 Å². The molecule has 5 heteroatoms. The van der Waals surface area contributed by atoms with Gasteiger partial charge in [0.15, 0.2) is 0 Å². The van der Waals surface area contributed by atoms with Crippen molar-refractivity contribution < 1.29 is 40.2 Å². The predicted octanol–water partition coefficient (Wildman–Crippen LogP) is -0.348. The largest absolute Gasteiger partial charge is 0.328 e. The van der Waals surface area contributed by atoms with Gasteiger partial charge in [0.2, 0.25) is 0 Å². The average Bonchev–Trinajstić information content (AvgIpc) is 0.811. The minimum absolute atomic E-state index is 0. The second kappa shape index (κ2) is 4.21. The summed E-state index contributed by atoms with van der Waals surface area (Å²) in [6.07, 6.45) is 0. The summed E-state index contributed by atoms with van der Waals surface area (Å²) < 4.78 is 0. The second-order valence-corrected chi connectivity index (χ2v) is 0.238. The Morgan fingerprint density at radius 1 is 1.80 bits per heavy atom. The summed E-state index contributed by atoms with van der Waals surface area (Å²) in [5.41, 5.74) is 0. The molecule has 0 amide bonds. The number of hydrogen-bond acceptors (Lipinski definition) is 2. The molecule has 0 aliphatic carbocycles. The molecule has 0 saturated heterocycles. The second-order valence-electron chi connectivity index (χ2n) is 0.238. The van der Waals surface area contributed by atoms with Crippen LogP contribution in [0.5, 0.6) is 0 Å². The fraction of sp³-hybridized carbons (Fsp3) is 0. The first-order chi connectivity index (χ1) is 1.73. The van der Waals surface area contributed by atoms with Crippen LogP contribution in [0.15, 0.2) is 0 Å². The summed E-state index contributed by atoms with van der Waals surface area (Å²) in [6, 6.07) is 0. The molecule has 0 unspecified atom stereocenters. The Morgan fingerprint density at radius 3 is 1.80 bits per heavy atom. The van der Waals surface area contributed by atoms with Gasteiger partial charge in [-0.2, -0.15) is 0 Å². The molecule has 5 heavy (non-hydrogen) atoms. The minimum atomic E-state index is -1.50. The SMILES string of the molecule is O=[N+]([O-])O.[Np]. The monoisotopic (exact) mass is 299 g/mol. The zero-order valence-electron chi connectivity index (χ0n) is 2.16. The Morgan fingerprint density at radius 2 is 1.80 bits per heavy atom. The van der Waals surface area contributed by atoms with E-state index in [-0.39, 0.29) is 29.9 Å². The van der Waals surface area contributed by atoms with E-state index in [9.17, 15) is 0 Å². The van der Waals surface area contributed by atoms with Crippen molar-refractivity contribution >= 4 is 0 Å². The molecule has 4 nitrogen and oxygen atoms in total. The molecule has 0 aromatic carbocycles. The van der Waals surface area contributed by atoms with Crippen LogP contribution in [0.25, 0.3) is 0 Å². The summed E-state index contributed by atoms with van der Waals surface area (Å²) in [5, 5.41) is 13.6. The molecule has 0 spiro atoms. The normalized spacial score (nSPS) is 4.80. The molecular formula is HNNpO3. The molecule has 0 aliphatic rings. The first-order valence-corrected chi connectivity index (χ1v) is 0.565. The maximum Gasteiger partial charge on any atom is 0.291 e. The Balaban J connectivity index is 0. The van der Waals surface area contributed by atoms with Crippen molar-refractivity contribution in [1.82, 2.24) is 0 Å². The molecule has 0 rings (SSSR count). The molecule has 0 aliphatic heterocycles. The standard InChI is InChI=1S/HNO3.Np/c2-1(3)4;/h(H,2,3,4);. The van der Waals surface area contributed by atoms with E-state index in [1.165, 1.54) is 0 Å². The Kier molecular flexibility index (Phi) is 7.55. The molecule has 0 fully saturated rings. The van der Waals surface area contributed by atoms with Crippen LogP contribution in [0.4, 0.5) is 0 Å². The summed E-state index contributed by atoms with van der Waals surface area (Å²) >= 11 is 0. The average molecular weight is 300 g/mol. The van der Waals surface area contributed by atoms with Crippen LogP contribution in [0.2, 0.25) is 0 Å². The van der Waals surface area contributed by atoms with E-state index < -0.39 is 5.09 Å². The van der Waals surface area contributed by atoms with Gasteiger partial charge in [0.1, 0.15) is 0 Å². The van der Waals surface area contributed by atoms with Crippen molar-refractivity contribution in [3.63, 3.8) is 0 Å². The van der Waals surface area contributed by atoms with Crippen molar-refractivity contribution in [1.29, 1.82) is 0 Å². The van der Waals surface area contributed by atoms with Crippen LogP contribution in [-0.2, 0) is 0 Å². The minimum Gasteiger partial charge on any atom is -0.328 e. The summed E-state index contributed by atoms with van der Waals surface area (Å²) in [4.78, 5) is 8.36. The Labute approximate surface area is 50.6 Å². The maximum absolute atomic E-state index is 8.36. The van der Waals surface area contributed by atoms with Crippen LogP contribution in [0, 0.1) is 40.1 Å². The van der Waals surface area contributed by atoms with Gasteiger partial charge in [-0.1, -0.05) is 0 Å². The van der Waals surface area contributed by atoms with Gasteiger partial charge in [-0.25, -0.2) is 0 Å². The van der Waals surface area contributed by atoms with Crippen LogP contribution < -0.4 is 0 Å². The third-order valence-electron chi connectivity index (χ3n) is 0. The third-order valence-corrected chi connectivity index (χ3v) is 0. The van der Waals surface area contributed by atoms with Gasteiger partial charge in [0, 0.05) is 29.9 Å². The molecule has 1 radical (unpaired) electrons. The Bertz CT molecular complexity index is 29.9. The Hall–Kier alpha value is 0.213. The topological polar surface area (TPSA) is 63.4 Å². The van der Waals surface area contributed by atoms with Crippen molar-refractivity contribution in [3.05, 3.63) is 10.1 Å². The van der Waals surface area contributed by atoms with E-state index in [4.69, 9.17) is 15.3 Å². The quantitative estimate of drug-likeness (QED) is 0.491. The zero-order chi connectivity index (χ0) is 3.58. The molecule has 0 saturated carbocycles. The zero-order valence-corrected chi connectivity index (χ0v) is 5.88. The van der Waals surface area contributed by atoms with Crippen molar-refractivity contribution in [2.75, 3.05) is 0 Å². The van der Waals surface area contributed by atoms with Crippen LogP contribution >= 0.6 is 0 Å². The van der Waals surface area contributed by atoms with Gasteiger partial charge in [-0.3, -0.25) is 0 Å². The molecule has 1 N–H and O–H groups in total. The van der Waals surface area contributed by atoms with E-state index in [1.54, 1.807) is 0 Å². The van der Waals surface area contributed by atoms with E-state index in [1.807, 2.05) is 0 Å². The van der Waals surface area contributed by atoms with Gasteiger partial charge in [0.05, 0.1) is 0 Å². The van der Waals surface area contributed by atoms with Gasteiger partial charge >= 0.3 is 0 Å². The number of hydrogen-bond donors (Lipinski definition) is 1. The van der Waals surface area contributed by atoms with Crippen LogP contribution in [-0.4, -0.2) is 10.3 Å². The molecular weight excluding hydrogens is 299 g/mol. The number of nitrogens with zero attached hydrogens (tertiary/aromatic N) is 1. The van der Waals surface area contributed by atoms with E-state index >= 15 is 0 Å². The fourth-order valence-electron chi connectivity index (χ4n) is 0. The molecule has 0 bridgehead atoms. The number of rotatable bonds is 0. The summed E-state index contributed by atoms with van der Waals surface area (Å²) in [6.45, 7) is 0. The smallest absolute Gasteiger partial charge is 0.291 e.